The Morgan fingerprint density at radius 3 is 1.85 bits per heavy atom. The summed E-state index contributed by atoms with van der Waals surface area (Å²) in [4.78, 5) is 10.2. The number of aromatic hydroxyl groups is 1. The number of benzene rings is 6. The average Bonchev–Trinajstić information content (AvgIpc) is 2.09. The molecule has 8 aromatic rings. The molecule has 0 saturated heterocycles. The highest BCUT2D eigenvalue weighted by atomic mass is 16.3. The molecule has 1 N–H and O–H groups in total. The molecule has 4 nitrogen and oxygen atoms in total. The predicted octanol–water partition coefficient (Wildman–Crippen LogP) is 17.5. The molecule has 0 spiro atoms. The monoisotopic (exact) mass is 887 g/mol. The van der Waals surface area contributed by atoms with Crippen LogP contribution in [0.25, 0.3) is 72.7 Å². The van der Waals surface area contributed by atoms with Crippen molar-refractivity contribution in [3.63, 3.8) is 0 Å². The van der Waals surface area contributed by atoms with Crippen LogP contribution in [-0.4, -0.2) is 19.6 Å². The highest BCUT2D eigenvalue weighted by molar-refractivity contribution is 5.97. The van der Waals surface area contributed by atoms with Crippen LogP contribution in [0.1, 0.15) is 174 Å². The molecular formula is C62H69N3O. The second kappa shape index (κ2) is 17.9. The van der Waals surface area contributed by atoms with E-state index in [0.29, 0.717) is 28.2 Å². The van der Waals surface area contributed by atoms with Gasteiger partial charge in [0, 0.05) is 38.1 Å². The van der Waals surface area contributed by atoms with Gasteiger partial charge in [0.1, 0.15) is 11.6 Å². The molecule has 0 atom stereocenters. The van der Waals surface area contributed by atoms with Crippen LogP contribution in [0.2, 0.25) is 0 Å². The van der Waals surface area contributed by atoms with E-state index in [-0.39, 0.29) is 28.7 Å². The summed E-state index contributed by atoms with van der Waals surface area (Å²) < 4.78 is 131. The smallest absolute Gasteiger partial charge is 0.149 e. The van der Waals surface area contributed by atoms with Crippen LogP contribution in [0.5, 0.6) is 5.75 Å². The van der Waals surface area contributed by atoms with Crippen molar-refractivity contribution in [2.24, 2.45) is 0 Å². The van der Waals surface area contributed by atoms with Crippen molar-refractivity contribution >= 4 is 11.0 Å². The highest BCUT2D eigenvalue weighted by Crippen LogP contribution is 2.44. The van der Waals surface area contributed by atoms with E-state index in [1.807, 2.05) is 125 Å². The minimum Gasteiger partial charge on any atom is -0.507 e. The zero-order valence-corrected chi connectivity index (χ0v) is 39.8. The lowest BCUT2D eigenvalue weighted by Crippen LogP contribution is -2.11. The number of pyridine rings is 1. The third kappa shape index (κ3) is 9.00. The molecule has 2 heterocycles. The summed E-state index contributed by atoms with van der Waals surface area (Å²) in [6, 6.07) is 28.9. The van der Waals surface area contributed by atoms with Gasteiger partial charge >= 0.3 is 0 Å². The molecule has 0 fully saturated rings. The number of hydrogen-bond donors (Lipinski definition) is 1. The molecule has 0 bridgehead atoms. The van der Waals surface area contributed by atoms with Gasteiger partial charge in [-0.3, -0.25) is 9.55 Å². The summed E-state index contributed by atoms with van der Waals surface area (Å²) in [6.07, 6.45) is 1.43. The number of hydrogen-bond acceptors (Lipinski definition) is 3. The molecule has 0 amide bonds. The maximum atomic E-state index is 12.3. The van der Waals surface area contributed by atoms with Crippen LogP contribution >= 0.6 is 0 Å². The Labute approximate surface area is 415 Å². The fourth-order valence-electron chi connectivity index (χ4n) is 8.62. The molecule has 2 aromatic heterocycles. The predicted molar refractivity (Wildman–Crippen MR) is 281 cm³/mol. The Balaban J connectivity index is 1.37. The number of phenols is 1. The van der Waals surface area contributed by atoms with Crippen molar-refractivity contribution in [3.05, 3.63) is 167 Å². The molecular weight excluding hydrogens is 803 g/mol. The van der Waals surface area contributed by atoms with Gasteiger partial charge in [-0.1, -0.05) is 175 Å². The lowest BCUT2D eigenvalue weighted by molar-refractivity contribution is 0.466. The Bertz CT molecular complexity index is 3640. The molecule has 0 saturated carbocycles. The lowest BCUT2D eigenvalue weighted by atomic mass is 9.83. The first-order chi connectivity index (χ1) is 37.2. The maximum Gasteiger partial charge on any atom is 0.149 e. The summed E-state index contributed by atoms with van der Waals surface area (Å²) in [6.45, 7) is 10.4. The number of phenolic OH excluding ortho intramolecular Hbond substituents is 1. The van der Waals surface area contributed by atoms with Gasteiger partial charge in [-0.2, -0.15) is 0 Å². The molecule has 0 aliphatic carbocycles. The number of aromatic nitrogens is 3. The first kappa shape index (κ1) is 30.9. The topological polar surface area (TPSA) is 50.9 Å². The van der Waals surface area contributed by atoms with E-state index in [2.05, 4.69) is 46.8 Å². The molecule has 338 valence electrons. The van der Waals surface area contributed by atoms with E-state index >= 15 is 0 Å². The van der Waals surface area contributed by atoms with Gasteiger partial charge in [0.05, 0.1) is 27.8 Å². The molecule has 8 rings (SSSR count). The van der Waals surface area contributed by atoms with Crippen LogP contribution in [0.15, 0.2) is 133 Å². The molecule has 0 unspecified atom stereocenters. The van der Waals surface area contributed by atoms with Crippen molar-refractivity contribution in [3.8, 4) is 67.5 Å². The van der Waals surface area contributed by atoms with E-state index in [4.69, 9.17) is 30.5 Å². The molecule has 4 heteroatoms. The number of fused-ring (bicyclic) bond motifs is 1. The van der Waals surface area contributed by atoms with Gasteiger partial charge in [0.25, 0.3) is 0 Å². The molecule has 0 aliphatic rings. The number of imidazole rings is 1. The normalized spacial score (nSPS) is 16.6. The Hall–Kier alpha value is -6.26. The summed E-state index contributed by atoms with van der Waals surface area (Å²) >= 11 is 0. The third-order valence-corrected chi connectivity index (χ3v) is 12.4. The van der Waals surface area contributed by atoms with Crippen molar-refractivity contribution in [1.29, 1.82) is 0 Å². The Morgan fingerprint density at radius 2 is 1.24 bits per heavy atom. The maximum absolute atomic E-state index is 12.3. The van der Waals surface area contributed by atoms with E-state index in [1.54, 1.807) is 6.07 Å². The van der Waals surface area contributed by atoms with Crippen LogP contribution in [0, 0.1) is 0 Å². The highest BCUT2D eigenvalue weighted by Gasteiger charge is 2.25. The quantitative estimate of drug-likeness (QED) is 0.149. The Morgan fingerprint density at radius 1 is 0.591 bits per heavy atom. The van der Waals surface area contributed by atoms with Crippen molar-refractivity contribution in [1.82, 2.24) is 14.5 Å². The van der Waals surface area contributed by atoms with Crippen LogP contribution in [-0.2, 0) is 10.8 Å². The molecule has 66 heavy (non-hydrogen) atoms. The van der Waals surface area contributed by atoms with E-state index in [1.165, 1.54) is 12.3 Å². The Kier molecular flexibility index (Phi) is 8.34. The third-order valence-electron chi connectivity index (χ3n) is 12.4. The molecule has 6 aromatic carbocycles. The van der Waals surface area contributed by atoms with E-state index in [9.17, 15) is 5.11 Å². The van der Waals surface area contributed by atoms with Gasteiger partial charge < -0.3 is 5.11 Å². The van der Waals surface area contributed by atoms with Gasteiger partial charge in [0.2, 0.25) is 0 Å². The summed E-state index contributed by atoms with van der Waals surface area (Å²) in [5.74, 6) is -1.24. The van der Waals surface area contributed by atoms with Gasteiger partial charge in [-0.25, -0.2) is 4.98 Å². The second-order valence-corrected chi connectivity index (χ2v) is 19.5. The zero-order valence-electron chi connectivity index (χ0n) is 54.8. The minimum atomic E-state index is -3.82. The SMILES string of the molecule is [2H]c1c([2H])c(C(C([2H])([2H])[2H])(C([2H])([2H])[2H])C([2H])([2H])[2H])c([2H])c([2H])c1-c1ccnc(-c2cc(-c3cccc4c3nc(-c3cc(C(C)C)cc(C(C)C)c3O)n4-c3ccc(-c4c(C([2H])(C)C)cccc4C([2H])(C)C)cc3)cc(C(C)(C)C)c2)c1. The first-order valence-electron chi connectivity index (χ1n) is 30.1. The van der Waals surface area contributed by atoms with Crippen molar-refractivity contribution in [2.45, 2.75) is 131 Å². The largest absolute Gasteiger partial charge is 0.507 e. The number of para-hydroxylation sites is 1. The van der Waals surface area contributed by atoms with Gasteiger partial charge in [0.15, 0.2) is 0 Å². The minimum absolute atomic E-state index is 0.0239. The standard InChI is InChI=1S/C62H69N3O/c1-37(2)44-34-53(40(7)8)59(66)54(35-44)60-64-58-52(19-16-20-56(58)65(60)49-27-23-42(24-28-49)57-50(38(3)4)17-15-18-51(57)39(5)6)45-31-46(33-48(32-45)62(12,13)14)55-36-43(29-30-63-55)41-21-25-47(26-22-41)61(9,10)11/h15-40,66H,1-14H3/i9D3,10D3,11D3,21D,22D,25D,26D,38D,39D. The van der Waals surface area contributed by atoms with Crippen molar-refractivity contribution in [2.75, 3.05) is 0 Å². The fraction of sp³-hybridized carbons (Fsp3) is 0.323. The number of nitrogens with zero attached hydrogens (tertiary/aromatic N) is 3. The van der Waals surface area contributed by atoms with E-state index < -0.39 is 72.9 Å². The van der Waals surface area contributed by atoms with Crippen LogP contribution in [0.3, 0.4) is 0 Å². The van der Waals surface area contributed by atoms with Crippen molar-refractivity contribution < 1.29 is 25.7 Å². The summed E-state index contributed by atoms with van der Waals surface area (Å²) in [5, 5.41) is 12.3. The second-order valence-electron chi connectivity index (χ2n) is 19.5. The van der Waals surface area contributed by atoms with Crippen LogP contribution in [0.4, 0.5) is 0 Å². The molecule has 0 aliphatic heterocycles. The summed E-state index contributed by atoms with van der Waals surface area (Å²) in [5.41, 5.74) is 5.40. The number of rotatable bonds is 10. The average molecular weight is 887 g/mol. The first-order valence-corrected chi connectivity index (χ1v) is 22.6. The fourth-order valence-corrected chi connectivity index (χ4v) is 8.62. The lowest BCUT2D eigenvalue weighted by Gasteiger charge is -2.22. The van der Waals surface area contributed by atoms with Gasteiger partial charge in [-0.15, -0.1) is 0 Å². The zero-order chi connectivity index (χ0) is 60.2. The van der Waals surface area contributed by atoms with E-state index in [0.717, 1.165) is 61.3 Å². The van der Waals surface area contributed by atoms with Gasteiger partial charge in [-0.05, 0) is 144 Å². The van der Waals surface area contributed by atoms with Crippen LogP contribution < -0.4 is 0 Å². The molecule has 0 radical (unpaired) electrons. The summed E-state index contributed by atoms with van der Waals surface area (Å²) in [7, 11) is 0.